The normalized spacial score (nSPS) is 29.7. The van der Waals surface area contributed by atoms with Crippen LogP contribution in [0.5, 0.6) is 0 Å². The minimum absolute atomic E-state index is 0.157. The average molecular weight is 570 g/mol. The first-order valence-electron chi connectivity index (χ1n) is 15.4. The molecule has 2 aromatic carbocycles. The molecule has 4 aliphatic carbocycles. The zero-order chi connectivity index (χ0) is 28.9. The molecule has 0 unspecified atom stereocenters. The van der Waals surface area contributed by atoms with Crippen molar-refractivity contribution in [3.63, 3.8) is 0 Å². The van der Waals surface area contributed by atoms with Crippen LogP contribution in [-0.4, -0.2) is 48.6 Å². The number of nitrogens with one attached hydrogen (secondary N) is 2. The van der Waals surface area contributed by atoms with Gasteiger partial charge in [-0.05, 0) is 112 Å². The number of nitrogens with two attached hydrogens (primary N) is 1. The maximum absolute atomic E-state index is 13.2. The first-order chi connectivity index (χ1) is 19.8. The number of amides is 1. The third-order valence-corrected chi connectivity index (χ3v) is 9.69. The highest BCUT2D eigenvalue weighted by molar-refractivity contribution is 5.64. The van der Waals surface area contributed by atoms with E-state index >= 15 is 0 Å². The third-order valence-electron chi connectivity index (χ3n) is 9.69. The van der Waals surface area contributed by atoms with Crippen molar-refractivity contribution in [1.29, 1.82) is 0 Å². The first kappa shape index (κ1) is 29.9. The molecule has 0 saturated heterocycles. The minimum Gasteiger partial charge on any atom is -0.449 e. The predicted octanol–water partition coefficient (Wildman–Crippen LogP) is 5.60. The molecule has 8 heteroatoms. The van der Waals surface area contributed by atoms with Crippen LogP contribution in [0.2, 0.25) is 0 Å². The second kappa shape index (κ2) is 13.2. The van der Waals surface area contributed by atoms with Crippen molar-refractivity contribution < 1.29 is 23.4 Å². The highest BCUT2D eigenvalue weighted by Gasteiger charge is 2.40. The topological polar surface area (TPSA) is 96.6 Å². The van der Waals surface area contributed by atoms with Crippen LogP contribution >= 0.6 is 0 Å². The van der Waals surface area contributed by atoms with Crippen molar-refractivity contribution in [2.24, 2.45) is 5.73 Å². The van der Waals surface area contributed by atoms with E-state index in [0.717, 1.165) is 68.5 Å². The molecule has 6 nitrogen and oxygen atoms in total. The van der Waals surface area contributed by atoms with E-state index in [9.17, 15) is 18.7 Å². The number of halogens is 2. The third kappa shape index (κ3) is 8.05. The van der Waals surface area contributed by atoms with Gasteiger partial charge in [-0.25, -0.2) is 13.6 Å². The highest BCUT2D eigenvalue weighted by atomic mass is 19.1. The SMILES string of the molecule is NC(=O)OCC1(c2ccc(F)cc2)CCC(NC2CC2)CC1.OCC1(c2ccc(F)cc2)CCC(NC2CC2)CC1. The van der Waals surface area contributed by atoms with Gasteiger partial charge in [0.05, 0.1) is 6.61 Å². The number of ether oxygens (including phenoxy) is 1. The van der Waals surface area contributed by atoms with E-state index in [1.807, 2.05) is 12.1 Å². The molecule has 41 heavy (non-hydrogen) atoms. The Morgan fingerprint density at radius 2 is 1.07 bits per heavy atom. The molecular weight excluding hydrogens is 524 g/mol. The lowest BCUT2D eigenvalue weighted by atomic mass is 9.68. The summed E-state index contributed by atoms with van der Waals surface area (Å²) in [5, 5.41) is 17.2. The summed E-state index contributed by atoms with van der Waals surface area (Å²) in [4.78, 5) is 11.0. The molecule has 0 atom stereocenters. The van der Waals surface area contributed by atoms with E-state index in [1.54, 1.807) is 12.1 Å². The maximum atomic E-state index is 13.2. The van der Waals surface area contributed by atoms with E-state index in [-0.39, 0.29) is 35.7 Å². The monoisotopic (exact) mass is 569 g/mol. The van der Waals surface area contributed by atoms with Gasteiger partial charge in [-0.1, -0.05) is 24.3 Å². The van der Waals surface area contributed by atoms with Gasteiger partial charge in [0, 0.05) is 35.0 Å². The van der Waals surface area contributed by atoms with Gasteiger partial charge in [-0.2, -0.15) is 0 Å². The molecule has 4 aliphatic rings. The molecule has 2 aromatic rings. The van der Waals surface area contributed by atoms with Crippen LogP contribution in [0.3, 0.4) is 0 Å². The van der Waals surface area contributed by atoms with E-state index in [4.69, 9.17) is 10.5 Å². The zero-order valence-corrected chi connectivity index (χ0v) is 23.9. The highest BCUT2D eigenvalue weighted by Crippen LogP contribution is 2.41. The number of aliphatic hydroxyl groups is 1. The molecule has 0 heterocycles. The van der Waals surface area contributed by atoms with Gasteiger partial charge in [-0.3, -0.25) is 0 Å². The van der Waals surface area contributed by atoms with Crippen LogP contribution in [0, 0.1) is 11.6 Å². The van der Waals surface area contributed by atoms with Crippen molar-refractivity contribution in [3.8, 4) is 0 Å². The number of hydrogen-bond donors (Lipinski definition) is 4. The quantitative estimate of drug-likeness (QED) is 0.315. The molecule has 1 amide bonds. The van der Waals surface area contributed by atoms with Gasteiger partial charge < -0.3 is 26.2 Å². The molecule has 224 valence electrons. The molecule has 6 rings (SSSR count). The summed E-state index contributed by atoms with van der Waals surface area (Å²) >= 11 is 0. The number of hydrogen-bond acceptors (Lipinski definition) is 5. The van der Waals surface area contributed by atoms with Gasteiger partial charge in [-0.15, -0.1) is 0 Å². The van der Waals surface area contributed by atoms with E-state index in [0.29, 0.717) is 18.1 Å². The van der Waals surface area contributed by atoms with Gasteiger partial charge >= 0.3 is 6.09 Å². The van der Waals surface area contributed by atoms with Crippen LogP contribution in [0.25, 0.3) is 0 Å². The summed E-state index contributed by atoms with van der Waals surface area (Å²) in [6.45, 7) is 0.429. The fraction of sp³-hybridized carbons (Fsp3) is 0.606. The number of aliphatic hydroxyl groups excluding tert-OH is 1. The minimum atomic E-state index is -0.750. The number of carbonyl (C=O) groups excluding carboxylic acids is 1. The summed E-state index contributed by atoms with van der Waals surface area (Å²) < 4.78 is 31.3. The molecule has 0 bridgehead atoms. The van der Waals surface area contributed by atoms with E-state index in [2.05, 4.69) is 10.6 Å². The Balaban J connectivity index is 0.000000166. The van der Waals surface area contributed by atoms with Crippen molar-refractivity contribution in [2.45, 2.75) is 112 Å². The second-order valence-corrected chi connectivity index (χ2v) is 12.8. The van der Waals surface area contributed by atoms with Crippen molar-refractivity contribution >= 4 is 6.09 Å². The Morgan fingerprint density at radius 3 is 1.44 bits per heavy atom. The summed E-state index contributed by atoms with van der Waals surface area (Å²) in [5.74, 6) is -0.459. The molecular formula is C33H45F2N3O3. The summed E-state index contributed by atoms with van der Waals surface area (Å²) in [6, 6.07) is 15.8. The zero-order valence-electron chi connectivity index (χ0n) is 23.9. The Kier molecular flexibility index (Phi) is 9.62. The van der Waals surface area contributed by atoms with Crippen LogP contribution in [-0.2, 0) is 15.6 Å². The fourth-order valence-corrected chi connectivity index (χ4v) is 6.71. The second-order valence-electron chi connectivity index (χ2n) is 12.8. The number of primary amides is 1. The number of rotatable bonds is 9. The molecule has 4 fully saturated rings. The van der Waals surface area contributed by atoms with Crippen molar-refractivity contribution in [2.75, 3.05) is 13.2 Å². The molecule has 0 spiro atoms. The Morgan fingerprint density at radius 1 is 0.707 bits per heavy atom. The Bertz CT molecular complexity index is 1120. The molecule has 0 aliphatic heterocycles. The predicted molar refractivity (Wildman–Crippen MR) is 156 cm³/mol. The summed E-state index contributed by atoms with van der Waals surface area (Å²) in [5.41, 5.74) is 6.85. The lowest BCUT2D eigenvalue weighted by molar-refractivity contribution is 0.0994. The standard InChI is InChI=1S/C17H23FN2O2.C16H22FNO/c18-13-3-1-12(2-4-13)17(11-22-16(19)21)9-7-15(8-10-17)20-14-5-6-14;17-13-3-1-12(2-4-13)16(11-19)9-7-15(8-10-16)18-14-5-6-14/h1-4,14-15,20H,5-11H2,(H2,19,21);1-4,14-15,18-19H,5-11H2. The van der Waals surface area contributed by atoms with Crippen LogP contribution < -0.4 is 16.4 Å². The van der Waals surface area contributed by atoms with Crippen LogP contribution in [0.4, 0.5) is 13.6 Å². The summed E-state index contributed by atoms with van der Waals surface area (Å²) in [6.07, 6.45) is 12.5. The maximum Gasteiger partial charge on any atom is 0.404 e. The number of benzene rings is 2. The van der Waals surface area contributed by atoms with Crippen LogP contribution in [0.15, 0.2) is 48.5 Å². The Hall–Kier alpha value is -2.55. The summed E-state index contributed by atoms with van der Waals surface area (Å²) in [7, 11) is 0. The fourth-order valence-electron chi connectivity index (χ4n) is 6.71. The van der Waals surface area contributed by atoms with Gasteiger partial charge in [0.25, 0.3) is 0 Å². The molecule has 0 aromatic heterocycles. The molecule has 0 radical (unpaired) electrons. The average Bonchev–Trinajstić information content (AvgIpc) is 3.92. The van der Waals surface area contributed by atoms with E-state index < -0.39 is 6.09 Å². The lowest BCUT2D eigenvalue weighted by Crippen LogP contribution is -2.43. The van der Waals surface area contributed by atoms with Crippen molar-refractivity contribution in [1.82, 2.24) is 10.6 Å². The lowest BCUT2D eigenvalue weighted by Gasteiger charge is -2.40. The van der Waals surface area contributed by atoms with Crippen molar-refractivity contribution in [3.05, 3.63) is 71.3 Å². The van der Waals surface area contributed by atoms with Crippen LogP contribution in [0.1, 0.15) is 88.2 Å². The number of carbonyl (C=O) groups is 1. The van der Waals surface area contributed by atoms with Gasteiger partial charge in [0.1, 0.15) is 18.2 Å². The largest absolute Gasteiger partial charge is 0.449 e. The van der Waals surface area contributed by atoms with E-state index in [1.165, 1.54) is 49.9 Å². The van der Waals surface area contributed by atoms with Gasteiger partial charge in [0.2, 0.25) is 0 Å². The first-order valence-corrected chi connectivity index (χ1v) is 15.4. The molecule has 5 N–H and O–H groups in total. The van der Waals surface area contributed by atoms with Gasteiger partial charge in [0.15, 0.2) is 0 Å². The Labute approximate surface area is 242 Å². The molecule has 4 saturated carbocycles. The smallest absolute Gasteiger partial charge is 0.404 e.